The van der Waals surface area contributed by atoms with E-state index in [9.17, 15) is 13.2 Å². The normalized spacial score (nSPS) is 11.5. The lowest BCUT2D eigenvalue weighted by Crippen LogP contribution is -2.22. The van der Waals surface area contributed by atoms with Crippen molar-refractivity contribution >= 4 is 39.2 Å². The van der Waals surface area contributed by atoms with Gasteiger partial charge in [-0.05, 0) is 36.4 Å². The van der Waals surface area contributed by atoms with Gasteiger partial charge in [-0.25, -0.2) is 17.5 Å². The van der Waals surface area contributed by atoms with Gasteiger partial charge in [0.15, 0.2) is 0 Å². The molecule has 0 saturated heterocycles. The highest BCUT2D eigenvalue weighted by Crippen LogP contribution is 2.25. The molecule has 0 saturated carbocycles. The third-order valence-corrected chi connectivity index (χ3v) is 5.82. The predicted molar refractivity (Wildman–Crippen MR) is 92.9 cm³/mol. The molecular weight excluding hydrogens is 373 g/mol. The summed E-state index contributed by atoms with van der Waals surface area (Å²) in [5, 5.41) is 0.811. The van der Waals surface area contributed by atoms with Crippen molar-refractivity contribution in [2.24, 2.45) is 0 Å². The van der Waals surface area contributed by atoms with Gasteiger partial charge in [-0.1, -0.05) is 29.3 Å². The van der Waals surface area contributed by atoms with Gasteiger partial charge < -0.3 is 4.74 Å². The highest BCUT2D eigenvalue weighted by atomic mass is 35.5. The van der Waals surface area contributed by atoms with E-state index < -0.39 is 16.0 Å². The summed E-state index contributed by atoms with van der Waals surface area (Å²) in [6, 6.07) is 10.5. The molecule has 0 aliphatic rings. The molecule has 0 bridgehead atoms. The number of esters is 1. The van der Waals surface area contributed by atoms with Crippen molar-refractivity contribution in [1.82, 2.24) is 4.31 Å². The molecule has 0 amide bonds. The van der Waals surface area contributed by atoms with E-state index in [4.69, 9.17) is 27.9 Å². The molecule has 0 spiro atoms. The minimum atomic E-state index is -3.54. The van der Waals surface area contributed by atoms with E-state index >= 15 is 0 Å². The fraction of sp³-hybridized carbons (Fsp3) is 0.188. The number of ether oxygens (including phenoxy) is 1. The molecule has 2 aromatic carbocycles. The molecule has 0 N–H and O–H groups in total. The Kier molecular flexibility index (Phi) is 5.87. The first-order valence-corrected chi connectivity index (χ1v) is 9.05. The summed E-state index contributed by atoms with van der Waals surface area (Å²) in [6.45, 7) is -0.0743. The Morgan fingerprint density at radius 1 is 1.04 bits per heavy atom. The molecule has 128 valence electrons. The van der Waals surface area contributed by atoms with Gasteiger partial charge in [0.25, 0.3) is 0 Å². The van der Waals surface area contributed by atoms with Gasteiger partial charge in [0.1, 0.15) is 6.61 Å². The summed E-state index contributed by atoms with van der Waals surface area (Å²) in [6.07, 6.45) is 0. The molecule has 0 radical (unpaired) electrons. The molecule has 0 heterocycles. The minimum Gasteiger partial charge on any atom is -0.457 e. The Bertz CT molecular complexity index is 829. The zero-order valence-corrected chi connectivity index (χ0v) is 15.3. The summed E-state index contributed by atoms with van der Waals surface area (Å²) < 4.78 is 30.2. The lowest BCUT2D eigenvalue weighted by Gasteiger charge is -2.12. The molecule has 8 heteroatoms. The molecule has 24 heavy (non-hydrogen) atoms. The van der Waals surface area contributed by atoms with E-state index in [1.165, 1.54) is 38.4 Å². The zero-order chi connectivity index (χ0) is 17.9. The molecule has 0 atom stereocenters. The Hall–Kier alpha value is -1.60. The fourth-order valence-electron chi connectivity index (χ4n) is 1.87. The van der Waals surface area contributed by atoms with E-state index in [1.807, 2.05) is 0 Å². The number of nitrogens with zero attached hydrogens (tertiary/aromatic N) is 1. The Morgan fingerprint density at radius 3 is 2.08 bits per heavy atom. The first-order valence-electron chi connectivity index (χ1n) is 6.86. The van der Waals surface area contributed by atoms with E-state index in [-0.39, 0.29) is 17.1 Å². The van der Waals surface area contributed by atoms with Crippen LogP contribution in [0.25, 0.3) is 0 Å². The smallest absolute Gasteiger partial charge is 0.338 e. The van der Waals surface area contributed by atoms with Gasteiger partial charge in [0.05, 0.1) is 10.5 Å². The van der Waals surface area contributed by atoms with Crippen molar-refractivity contribution in [2.45, 2.75) is 11.5 Å². The number of halogens is 2. The number of hydrogen-bond donors (Lipinski definition) is 0. The molecule has 0 aliphatic carbocycles. The number of rotatable bonds is 5. The van der Waals surface area contributed by atoms with E-state index in [1.54, 1.807) is 18.2 Å². The van der Waals surface area contributed by atoms with Crippen LogP contribution in [0.1, 0.15) is 15.9 Å². The van der Waals surface area contributed by atoms with Crippen LogP contribution in [-0.4, -0.2) is 32.8 Å². The summed E-state index contributed by atoms with van der Waals surface area (Å²) in [5.74, 6) is -0.597. The van der Waals surface area contributed by atoms with Crippen LogP contribution >= 0.6 is 23.2 Å². The molecule has 0 fully saturated rings. The fourth-order valence-corrected chi connectivity index (χ4v) is 3.27. The van der Waals surface area contributed by atoms with Crippen molar-refractivity contribution in [3.8, 4) is 0 Å². The Morgan fingerprint density at radius 2 is 1.58 bits per heavy atom. The highest BCUT2D eigenvalue weighted by Gasteiger charge is 2.18. The summed E-state index contributed by atoms with van der Waals surface area (Å²) in [7, 11) is -0.669. The average molecular weight is 388 g/mol. The monoisotopic (exact) mass is 387 g/mol. The van der Waals surface area contributed by atoms with Gasteiger partial charge in [-0.2, -0.15) is 0 Å². The maximum absolute atomic E-state index is 12.1. The van der Waals surface area contributed by atoms with Crippen molar-refractivity contribution in [3.63, 3.8) is 0 Å². The number of sulfonamides is 1. The van der Waals surface area contributed by atoms with Gasteiger partial charge in [0.2, 0.25) is 10.0 Å². The van der Waals surface area contributed by atoms with E-state index in [2.05, 4.69) is 0 Å². The largest absolute Gasteiger partial charge is 0.457 e. The number of carbonyl (C=O) groups is 1. The van der Waals surface area contributed by atoms with Gasteiger partial charge >= 0.3 is 5.97 Å². The summed E-state index contributed by atoms with van der Waals surface area (Å²) >= 11 is 12.0. The van der Waals surface area contributed by atoms with Gasteiger partial charge in [0, 0.05) is 29.7 Å². The van der Waals surface area contributed by atoms with Crippen LogP contribution in [0.4, 0.5) is 0 Å². The van der Waals surface area contributed by atoms with Crippen molar-refractivity contribution < 1.29 is 17.9 Å². The lowest BCUT2D eigenvalue weighted by molar-refractivity contribution is 0.0473. The van der Waals surface area contributed by atoms with Crippen LogP contribution in [0, 0.1) is 0 Å². The van der Waals surface area contributed by atoms with Crippen LogP contribution < -0.4 is 0 Å². The van der Waals surface area contributed by atoms with Crippen LogP contribution in [0.2, 0.25) is 10.0 Å². The molecule has 2 aromatic rings. The second-order valence-electron chi connectivity index (χ2n) is 5.09. The first-order chi connectivity index (χ1) is 11.2. The van der Waals surface area contributed by atoms with Gasteiger partial charge in [-0.15, -0.1) is 0 Å². The summed E-state index contributed by atoms with van der Waals surface area (Å²) in [4.78, 5) is 12.2. The SMILES string of the molecule is CN(C)S(=O)(=O)c1ccc(C(=O)OCc2c(Cl)cccc2Cl)cc1. The molecule has 0 aliphatic heterocycles. The van der Waals surface area contributed by atoms with Crippen LogP contribution in [-0.2, 0) is 21.4 Å². The molecule has 0 unspecified atom stereocenters. The van der Waals surface area contributed by atoms with E-state index in [0.717, 1.165) is 4.31 Å². The molecule has 2 rings (SSSR count). The third kappa shape index (κ3) is 4.08. The Balaban J connectivity index is 2.11. The van der Waals surface area contributed by atoms with Gasteiger partial charge in [-0.3, -0.25) is 0 Å². The van der Waals surface area contributed by atoms with Crippen LogP contribution in [0.3, 0.4) is 0 Å². The second-order valence-corrected chi connectivity index (χ2v) is 8.05. The van der Waals surface area contributed by atoms with Crippen molar-refractivity contribution in [1.29, 1.82) is 0 Å². The predicted octanol–water partition coefficient (Wildman–Crippen LogP) is 3.60. The van der Waals surface area contributed by atoms with E-state index in [0.29, 0.717) is 15.6 Å². The third-order valence-electron chi connectivity index (χ3n) is 3.28. The van der Waals surface area contributed by atoms with Crippen LogP contribution in [0.15, 0.2) is 47.4 Å². The minimum absolute atomic E-state index is 0.0743. The number of carbonyl (C=O) groups excluding carboxylic acids is 1. The molecular formula is C16H15Cl2NO4S. The topological polar surface area (TPSA) is 63.7 Å². The number of hydrogen-bond acceptors (Lipinski definition) is 4. The first kappa shape index (κ1) is 18.7. The average Bonchev–Trinajstić information content (AvgIpc) is 2.54. The maximum atomic E-state index is 12.1. The van der Waals surface area contributed by atoms with Crippen LogP contribution in [0.5, 0.6) is 0 Å². The van der Waals surface area contributed by atoms with Crippen molar-refractivity contribution in [3.05, 3.63) is 63.6 Å². The standard InChI is InChI=1S/C16H15Cl2NO4S/c1-19(2)24(21,22)12-8-6-11(7-9-12)16(20)23-10-13-14(17)4-3-5-15(13)18/h3-9H,10H2,1-2H3. The lowest BCUT2D eigenvalue weighted by atomic mass is 10.2. The van der Waals surface area contributed by atoms with Crippen molar-refractivity contribution in [2.75, 3.05) is 14.1 Å². The Labute approximate surface area is 150 Å². The second kappa shape index (κ2) is 7.53. The molecule has 0 aromatic heterocycles. The zero-order valence-electron chi connectivity index (χ0n) is 13.0. The summed E-state index contributed by atoms with van der Waals surface area (Å²) in [5.41, 5.74) is 0.747. The number of benzene rings is 2. The quantitative estimate of drug-likeness (QED) is 0.735. The molecule has 5 nitrogen and oxygen atoms in total. The highest BCUT2D eigenvalue weighted by molar-refractivity contribution is 7.89. The maximum Gasteiger partial charge on any atom is 0.338 e.